The van der Waals surface area contributed by atoms with Crippen LogP contribution in [0.5, 0.6) is 0 Å². The Morgan fingerprint density at radius 3 is 2.56 bits per heavy atom. The van der Waals surface area contributed by atoms with Crippen LogP contribution in [0.4, 0.5) is 0 Å². The molecule has 0 saturated carbocycles. The highest BCUT2D eigenvalue weighted by atomic mass is 14.7. The number of rotatable bonds is 2. The lowest BCUT2D eigenvalue weighted by molar-refractivity contribution is 0.839. The SMILES string of the molecule is Cc1ccc(C(N)c2cccnc2C)cn1. The van der Waals surface area contributed by atoms with Crippen LogP contribution >= 0.6 is 0 Å². The molecule has 2 aromatic heterocycles. The molecule has 82 valence electrons. The van der Waals surface area contributed by atoms with Gasteiger partial charge in [0.2, 0.25) is 0 Å². The van der Waals surface area contributed by atoms with Gasteiger partial charge in [0.25, 0.3) is 0 Å². The molecule has 2 aromatic rings. The van der Waals surface area contributed by atoms with E-state index in [4.69, 9.17) is 5.73 Å². The zero-order chi connectivity index (χ0) is 11.5. The molecule has 0 saturated heterocycles. The van der Waals surface area contributed by atoms with E-state index in [2.05, 4.69) is 9.97 Å². The summed E-state index contributed by atoms with van der Waals surface area (Å²) in [5.74, 6) is 0. The van der Waals surface area contributed by atoms with Crippen molar-refractivity contribution in [3.05, 3.63) is 59.2 Å². The van der Waals surface area contributed by atoms with Crippen molar-refractivity contribution >= 4 is 0 Å². The maximum absolute atomic E-state index is 6.19. The summed E-state index contributed by atoms with van der Waals surface area (Å²) in [6.45, 7) is 3.93. The molecule has 1 unspecified atom stereocenters. The average molecular weight is 213 g/mol. The van der Waals surface area contributed by atoms with E-state index in [1.165, 1.54) is 0 Å². The first kappa shape index (κ1) is 10.8. The van der Waals surface area contributed by atoms with E-state index in [1.807, 2.05) is 44.3 Å². The normalized spacial score (nSPS) is 12.4. The molecule has 2 rings (SSSR count). The largest absolute Gasteiger partial charge is 0.320 e. The minimum absolute atomic E-state index is 0.151. The predicted octanol–water partition coefficient (Wildman–Crippen LogP) is 2.14. The molecule has 0 bridgehead atoms. The van der Waals surface area contributed by atoms with Crippen LogP contribution in [0, 0.1) is 13.8 Å². The Kier molecular flexibility index (Phi) is 2.97. The highest BCUT2D eigenvalue weighted by molar-refractivity contribution is 5.32. The van der Waals surface area contributed by atoms with Crippen LogP contribution in [0.1, 0.15) is 28.6 Å². The quantitative estimate of drug-likeness (QED) is 0.831. The standard InChI is InChI=1S/C13H15N3/c1-9-5-6-11(8-16-9)13(14)12-4-3-7-15-10(12)2/h3-8,13H,14H2,1-2H3. The first-order valence-corrected chi connectivity index (χ1v) is 5.28. The summed E-state index contributed by atoms with van der Waals surface area (Å²) in [5, 5.41) is 0. The maximum atomic E-state index is 6.19. The van der Waals surface area contributed by atoms with Gasteiger partial charge in [-0.1, -0.05) is 12.1 Å². The second-order valence-electron chi connectivity index (χ2n) is 3.89. The molecule has 2 heterocycles. The predicted molar refractivity (Wildman–Crippen MR) is 64.0 cm³/mol. The first-order valence-electron chi connectivity index (χ1n) is 5.28. The molecule has 0 spiro atoms. The molecule has 16 heavy (non-hydrogen) atoms. The van der Waals surface area contributed by atoms with Crippen LogP contribution in [0.3, 0.4) is 0 Å². The van der Waals surface area contributed by atoms with Gasteiger partial charge in [0, 0.05) is 23.8 Å². The molecule has 2 N–H and O–H groups in total. The van der Waals surface area contributed by atoms with Gasteiger partial charge in [-0.15, -0.1) is 0 Å². The Morgan fingerprint density at radius 2 is 1.94 bits per heavy atom. The molecule has 3 heteroatoms. The lowest BCUT2D eigenvalue weighted by Crippen LogP contribution is -2.14. The molecule has 0 aliphatic rings. The number of pyridine rings is 2. The number of hydrogen-bond acceptors (Lipinski definition) is 3. The van der Waals surface area contributed by atoms with E-state index in [-0.39, 0.29) is 6.04 Å². The molecular weight excluding hydrogens is 198 g/mol. The monoisotopic (exact) mass is 213 g/mol. The molecule has 0 aliphatic carbocycles. The van der Waals surface area contributed by atoms with Crippen molar-refractivity contribution in [2.75, 3.05) is 0 Å². The third kappa shape index (κ3) is 2.09. The molecule has 0 fully saturated rings. The van der Waals surface area contributed by atoms with E-state index < -0.39 is 0 Å². The summed E-state index contributed by atoms with van der Waals surface area (Å²) in [7, 11) is 0. The highest BCUT2D eigenvalue weighted by Gasteiger charge is 2.11. The fourth-order valence-corrected chi connectivity index (χ4v) is 1.67. The van der Waals surface area contributed by atoms with Crippen LogP contribution in [-0.2, 0) is 0 Å². The van der Waals surface area contributed by atoms with Crippen molar-refractivity contribution in [2.24, 2.45) is 5.73 Å². The van der Waals surface area contributed by atoms with Crippen molar-refractivity contribution in [2.45, 2.75) is 19.9 Å². The summed E-state index contributed by atoms with van der Waals surface area (Å²) in [4.78, 5) is 8.50. The van der Waals surface area contributed by atoms with Crippen LogP contribution in [0.2, 0.25) is 0 Å². The molecule has 3 nitrogen and oxygen atoms in total. The minimum Gasteiger partial charge on any atom is -0.320 e. The summed E-state index contributed by atoms with van der Waals surface area (Å²) in [6, 6.07) is 7.75. The summed E-state index contributed by atoms with van der Waals surface area (Å²) < 4.78 is 0. The summed E-state index contributed by atoms with van der Waals surface area (Å²) in [5.41, 5.74) is 10.2. The molecule has 1 atom stereocenters. The molecular formula is C13H15N3. The van der Waals surface area contributed by atoms with Crippen molar-refractivity contribution in [3.63, 3.8) is 0 Å². The summed E-state index contributed by atoms with van der Waals surface area (Å²) >= 11 is 0. The Bertz CT molecular complexity index is 477. The minimum atomic E-state index is -0.151. The topological polar surface area (TPSA) is 51.8 Å². The highest BCUT2D eigenvalue weighted by Crippen LogP contribution is 2.20. The van der Waals surface area contributed by atoms with Crippen LogP contribution < -0.4 is 5.73 Å². The molecule has 0 aliphatic heterocycles. The van der Waals surface area contributed by atoms with Crippen molar-refractivity contribution in [1.29, 1.82) is 0 Å². The molecule has 0 amide bonds. The van der Waals surface area contributed by atoms with Crippen LogP contribution in [-0.4, -0.2) is 9.97 Å². The van der Waals surface area contributed by atoms with Crippen molar-refractivity contribution < 1.29 is 0 Å². The molecule has 0 radical (unpaired) electrons. The van der Waals surface area contributed by atoms with Gasteiger partial charge in [0.05, 0.1) is 6.04 Å². The number of hydrogen-bond donors (Lipinski definition) is 1. The smallest absolute Gasteiger partial charge is 0.0584 e. The molecule has 0 aromatic carbocycles. The first-order chi connectivity index (χ1) is 7.68. The lowest BCUT2D eigenvalue weighted by Gasteiger charge is -2.13. The second kappa shape index (κ2) is 4.41. The van der Waals surface area contributed by atoms with Crippen LogP contribution in [0.15, 0.2) is 36.7 Å². The van der Waals surface area contributed by atoms with Gasteiger partial charge in [0.1, 0.15) is 0 Å². The number of aryl methyl sites for hydroxylation is 2. The van der Waals surface area contributed by atoms with E-state index in [0.29, 0.717) is 0 Å². The van der Waals surface area contributed by atoms with Gasteiger partial charge >= 0.3 is 0 Å². The zero-order valence-corrected chi connectivity index (χ0v) is 9.51. The maximum Gasteiger partial charge on any atom is 0.0584 e. The van der Waals surface area contributed by atoms with Gasteiger partial charge in [-0.3, -0.25) is 9.97 Å². The average Bonchev–Trinajstić information content (AvgIpc) is 2.30. The van der Waals surface area contributed by atoms with E-state index in [0.717, 1.165) is 22.5 Å². The second-order valence-corrected chi connectivity index (χ2v) is 3.89. The van der Waals surface area contributed by atoms with Crippen LogP contribution in [0.25, 0.3) is 0 Å². The van der Waals surface area contributed by atoms with Crippen molar-refractivity contribution in [3.8, 4) is 0 Å². The van der Waals surface area contributed by atoms with E-state index >= 15 is 0 Å². The van der Waals surface area contributed by atoms with Gasteiger partial charge in [0.15, 0.2) is 0 Å². The Morgan fingerprint density at radius 1 is 1.12 bits per heavy atom. The van der Waals surface area contributed by atoms with Crippen molar-refractivity contribution in [1.82, 2.24) is 9.97 Å². The third-order valence-corrected chi connectivity index (χ3v) is 2.68. The number of nitrogens with two attached hydrogens (primary N) is 1. The fraction of sp³-hybridized carbons (Fsp3) is 0.231. The lowest BCUT2D eigenvalue weighted by atomic mass is 10.00. The number of aromatic nitrogens is 2. The van der Waals surface area contributed by atoms with E-state index in [1.54, 1.807) is 6.20 Å². The Hall–Kier alpha value is -1.74. The fourth-order valence-electron chi connectivity index (χ4n) is 1.67. The Labute approximate surface area is 95.4 Å². The van der Waals surface area contributed by atoms with Gasteiger partial charge < -0.3 is 5.73 Å². The van der Waals surface area contributed by atoms with Gasteiger partial charge in [-0.05, 0) is 37.1 Å². The van der Waals surface area contributed by atoms with E-state index in [9.17, 15) is 0 Å². The zero-order valence-electron chi connectivity index (χ0n) is 9.51. The van der Waals surface area contributed by atoms with Gasteiger partial charge in [-0.25, -0.2) is 0 Å². The third-order valence-electron chi connectivity index (χ3n) is 2.68. The Balaban J connectivity index is 2.35. The summed E-state index contributed by atoms with van der Waals surface area (Å²) in [6.07, 6.45) is 3.60. The number of nitrogens with zero attached hydrogens (tertiary/aromatic N) is 2. The van der Waals surface area contributed by atoms with Gasteiger partial charge in [-0.2, -0.15) is 0 Å².